The van der Waals surface area contributed by atoms with E-state index in [0.29, 0.717) is 26.4 Å². The molecule has 3 rings (SSSR count). The molecule has 3 aliphatic rings. The maximum Gasteiger partial charge on any atom is 0.314 e. The zero-order valence-electron chi connectivity index (χ0n) is 43.0. The molecule has 0 aliphatic carbocycles. The zero-order chi connectivity index (χ0) is 56.8. The van der Waals surface area contributed by atoms with Gasteiger partial charge in [-0.25, -0.2) is 0 Å². The number of esters is 4. The third kappa shape index (κ3) is 42.3. The smallest absolute Gasteiger partial charge is 0.314 e. The van der Waals surface area contributed by atoms with Crippen LogP contribution in [0.15, 0.2) is 51.4 Å². The van der Waals surface area contributed by atoms with E-state index in [-0.39, 0.29) is 38.2 Å². The Labute approximate surface area is 439 Å². The van der Waals surface area contributed by atoms with Crippen molar-refractivity contribution in [3.8, 4) is 6.07 Å². The Balaban J connectivity index is -0.000000134. The average Bonchev–Trinajstić information content (AvgIpc) is 3.29. The summed E-state index contributed by atoms with van der Waals surface area (Å²) in [7, 11) is 2.00. The van der Waals surface area contributed by atoms with Crippen molar-refractivity contribution in [2.75, 3.05) is 52.9 Å². The molecule has 0 radical (unpaired) electrons. The van der Waals surface area contributed by atoms with Crippen LogP contribution in [0.2, 0.25) is 27.3 Å². The number of halogens is 2. The molecular weight excluding hydrogens is 1150 g/mol. The molecule has 398 valence electrons. The Kier molecular flexibility index (Phi) is 53.8. The van der Waals surface area contributed by atoms with Crippen LogP contribution in [-0.2, 0) is 85.3 Å². The van der Waals surface area contributed by atoms with Crippen molar-refractivity contribution >= 4 is 95.6 Å². The summed E-state index contributed by atoms with van der Waals surface area (Å²) in [5, 5.41) is 33.5. The van der Waals surface area contributed by atoms with Gasteiger partial charge < -0.3 is 62.5 Å². The van der Waals surface area contributed by atoms with Crippen LogP contribution in [0.3, 0.4) is 0 Å². The summed E-state index contributed by atoms with van der Waals surface area (Å²) in [6, 6.07) is 1.75. The van der Waals surface area contributed by atoms with Gasteiger partial charge in [0.05, 0.1) is 70.8 Å². The van der Waals surface area contributed by atoms with Crippen LogP contribution in [0.1, 0.15) is 69.2 Å². The molecule has 0 aromatic heterocycles. The van der Waals surface area contributed by atoms with E-state index < -0.39 is 58.4 Å². The molecule has 3 aliphatic heterocycles. The van der Waals surface area contributed by atoms with E-state index in [1.54, 1.807) is 47.5 Å². The van der Waals surface area contributed by atoms with Crippen molar-refractivity contribution in [2.45, 2.75) is 108 Å². The third-order valence-electron chi connectivity index (χ3n) is 7.74. The van der Waals surface area contributed by atoms with Gasteiger partial charge in [0.15, 0.2) is 11.6 Å². The van der Waals surface area contributed by atoms with E-state index in [1.807, 2.05) is 13.8 Å². The fraction of sp³-hybridized carbons (Fsp3) is 0.667. The Morgan fingerprint density at radius 3 is 1.13 bits per heavy atom. The number of aliphatic hydroxyl groups is 2. The Hall–Kier alpha value is -3.40. The number of carbonyl (C=O) groups is 5. The van der Waals surface area contributed by atoms with Gasteiger partial charge in [-0.15, -0.1) is 0 Å². The minimum Gasteiger partial charge on any atom is -0.481 e. The number of carbonyl (C=O) groups excluding carboxylic acids is 4. The number of nitriles is 1. The molecule has 0 aromatic carbocycles. The van der Waals surface area contributed by atoms with Gasteiger partial charge in [0.2, 0.25) is 0 Å². The molecule has 3 heterocycles. The van der Waals surface area contributed by atoms with Crippen LogP contribution < -0.4 is 0 Å². The van der Waals surface area contributed by atoms with E-state index in [2.05, 4.69) is 77.8 Å². The van der Waals surface area contributed by atoms with Crippen molar-refractivity contribution in [1.82, 2.24) is 0 Å². The predicted octanol–water partition coefficient (Wildman–Crippen LogP) is 6.08. The summed E-state index contributed by atoms with van der Waals surface area (Å²) >= 11 is 4.24. The van der Waals surface area contributed by atoms with Crippen LogP contribution in [0, 0.1) is 33.0 Å². The van der Waals surface area contributed by atoms with Gasteiger partial charge in [0.25, 0.3) is 0 Å². The first-order valence-electron chi connectivity index (χ1n) is 20.5. The largest absolute Gasteiger partial charge is 0.481 e. The molecule has 0 aromatic rings. The van der Waals surface area contributed by atoms with Crippen molar-refractivity contribution in [2.24, 2.45) is 21.7 Å². The van der Waals surface area contributed by atoms with Crippen molar-refractivity contribution in [3.63, 3.8) is 0 Å². The van der Waals surface area contributed by atoms with Crippen LogP contribution >= 0.6 is 37.2 Å². The summed E-state index contributed by atoms with van der Waals surface area (Å²) in [4.78, 5) is 54.2. The van der Waals surface area contributed by atoms with Crippen molar-refractivity contribution in [1.29, 1.82) is 5.26 Å². The van der Waals surface area contributed by atoms with Gasteiger partial charge in [-0.1, -0.05) is 26.3 Å². The summed E-state index contributed by atoms with van der Waals surface area (Å²) in [6.07, 6.45) is 4.30. The van der Waals surface area contributed by atoms with Crippen molar-refractivity contribution in [3.05, 3.63) is 51.4 Å². The fourth-order valence-electron chi connectivity index (χ4n) is 3.50. The quantitative estimate of drug-likeness (QED) is 0.0734. The van der Waals surface area contributed by atoms with E-state index in [9.17, 15) is 24.0 Å². The molecular formula is C42H73B4I2NO21. The van der Waals surface area contributed by atoms with Crippen LogP contribution in [0.4, 0.5) is 0 Å². The molecule has 70 heavy (non-hydrogen) atoms. The predicted molar refractivity (Wildman–Crippen MR) is 277 cm³/mol. The summed E-state index contributed by atoms with van der Waals surface area (Å²) in [6.45, 7) is 36.3. The first kappa shape index (κ1) is 80.7. The molecule has 0 atom stereocenters. The number of carboxylic acids is 1. The molecule has 3 fully saturated rings. The minimum atomic E-state index is -1.23. The topological polar surface area (TPSA) is 313 Å². The Bertz CT molecular complexity index is 1550. The number of hydrogen-bond acceptors (Lipinski definition) is 21. The maximum atomic E-state index is 11.5. The number of aliphatic hydroxyl groups excluding tert-OH is 2. The molecule has 0 amide bonds. The van der Waals surface area contributed by atoms with Gasteiger partial charge in [-0.3, -0.25) is 24.0 Å². The number of rotatable bonds is 10. The second-order valence-corrected chi connectivity index (χ2v) is 15.4. The summed E-state index contributed by atoms with van der Waals surface area (Å²) < 4.78 is 76.0. The van der Waals surface area contributed by atoms with Gasteiger partial charge in [-0.05, 0) is 62.2 Å². The molecule has 3 N–H and O–H groups in total. The van der Waals surface area contributed by atoms with Gasteiger partial charge in [0, 0.05) is 64.3 Å². The SMILES string of the molecule is C=COC(=O)C(C)(CO)CO.C=COC(=O)C1(C)COB(C)OC1.C=COC(=O)C1(C)COC(C)(C)OC1.C=COC(C)=O.CB=O.CB=O.CB=O.CC#N.CC1(C)OCC(C)(C(=O)O)CO1.II. The van der Waals surface area contributed by atoms with E-state index >= 15 is 0 Å². The zero-order valence-corrected chi connectivity index (χ0v) is 47.3. The molecule has 0 saturated carbocycles. The second kappa shape index (κ2) is 46.7. The fourth-order valence-corrected chi connectivity index (χ4v) is 3.50. The molecule has 28 heteroatoms. The second-order valence-electron chi connectivity index (χ2n) is 15.4. The van der Waals surface area contributed by atoms with E-state index in [1.165, 1.54) is 41.2 Å². The number of aliphatic carboxylic acids is 1. The van der Waals surface area contributed by atoms with Crippen molar-refractivity contribution < 1.29 is 101 Å². The van der Waals surface area contributed by atoms with E-state index in [0.717, 1.165) is 46.5 Å². The van der Waals surface area contributed by atoms with E-state index in [4.69, 9.17) is 67.7 Å². The number of hydrogen-bond donors (Lipinski definition) is 3. The van der Waals surface area contributed by atoms with Gasteiger partial charge in [0.1, 0.15) is 21.7 Å². The number of nitrogens with zero attached hydrogens (tertiary/aromatic N) is 1. The Morgan fingerprint density at radius 1 is 0.657 bits per heavy atom. The standard InChI is InChI=1S/C10H16O4.C8H13BO4.C8H14O4.C7H12O4.C4H6O2.C2H3N.3CH3BO.I2/c1-5-12-8(11)10(4)6-13-9(2,3)14-7-10;1-4-11-7(10)8(2)5-12-9(3)13-6-8;1-7(2)11-4-8(3,5-12-7)6(9)10;1-3-11-6(10)7(2,4-8)5-9;1-3-6-4(2)5;4*1-2-3;1-2/h5H,1,6-7H2,2-4H3;4H,1,5-6H2,2-3H3;4-5H2,1-3H3,(H,9,10);3,8-9H,1,4-5H2,2H3;3H,1H2,2H3;4*1H3;. The van der Waals surface area contributed by atoms with Crippen LogP contribution in [0.25, 0.3) is 0 Å². The molecule has 0 unspecified atom stereocenters. The van der Waals surface area contributed by atoms with Crippen LogP contribution in [-0.4, -0.2) is 138 Å². The van der Waals surface area contributed by atoms with Gasteiger partial charge >= 0.3 is 93.0 Å². The van der Waals surface area contributed by atoms with Gasteiger partial charge in [-0.2, -0.15) is 5.26 Å². The normalized spacial score (nSPS) is 16.1. The number of carboxylic acid groups (broad SMARTS) is 1. The molecule has 0 bridgehead atoms. The summed E-state index contributed by atoms with van der Waals surface area (Å²) in [5.41, 5.74) is -3.56. The van der Waals surface area contributed by atoms with Crippen LogP contribution in [0.5, 0.6) is 0 Å². The molecule has 3 saturated heterocycles. The average molecular weight is 1230 g/mol. The molecule has 22 nitrogen and oxygen atoms in total. The summed E-state index contributed by atoms with van der Waals surface area (Å²) in [5.74, 6) is -3.89. The first-order valence-corrected chi connectivity index (χ1v) is 26.8. The third-order valence-corrected chi connectivity index (χ3v) is 7.74. The Morgan fingerprint density at radius 2 is 0.914 bits per heavy atom. The maximum absolute atomic E-state index is 11.5. The monoisotopic (exact) mass is 1230 g/mol. The molecule has 0 spiro atoms. The number of ether oxygens (including phenoxy) is 8. The first-order chi connectivity index (χ1) is 32.4. The minimum absolute atomic E-state index is 0.204.